The smallest absolute Gasteiger partial charge is 0.261 e. The quantitative estimate of drug-likeness (QED) is 0.843. The van der Waals surface area contributed by atoms with Crippen LogP contribution in [0.25, 0.3) is 0 Å². The van der Waals surface area contributed by atoms with Gasteiger partial charge in [-0.2, -0.15) is 5.26 Å². The average Bonchev–Trinajstić information content (AvgIpc) is 3.46. The van der Waals surface area contributed by atoms with E-state index < -0.39 is 6.10 Å². The maximum atomic E-state index is 12.5. The number of carbonyl (C=O) groups is 1. The zero-order chi connectivity index (χ0) is 17.8. The number of rotatable bonds is 6. The summed E-state index contributed by atoms with van der Waals surface area (Å²) in [6, 6.07) is 16.4. The molecule has 25 heavy (non-hydrogen) atoms. The number of carbonyl (C=O) groups excluding carboxylic acids is 1. The molecule has 0 bridgehead atoms. The molecule has 0 spiro atoms. The molecule has 1 fully saturated rings. The van der Waals surface area contributed by atoms with Crippen molar-refractivity contribution in [3.8, 4) is 11.8 Å². The molecule has 1 aliphatic carbocycles. The van der Waals surface area contributed by atoms with Crippen molar-refractivity contribution in [1.29, 1.82) is 5.26 Å². The van der Waals surface area contributed by atoms with Gasteiger partial charge in [-0.25, -0.2) is 0 Å². The zero-order valence-electron chi connectivity index (χ0n) is 13.9. The Kier molecular flexibility index (Phi) is 5.25. The Bertz CT molecular complexity index is 777. The normalized spacial score (nSPS) is 15.7. The summed E-state index contributed by atoms with van der Waals surface area (Å²) in [7, 11) is 0. The minimum atomic E-state index is -0.624. The van der Waals surface area contributed by atoms with Gasteiger partial charge in [0.1, 0.15) is 5.75 Å². The summed E-state index contributed by atoms with van der Waals surface area (Å²) in [5, 5.41) is 12.6. The second kappa shape index (κ2) is 7.58. The van der Waals surface area contributed by atoms with E-state index in [-0.39, 0.29) is 11.9 Å². The molecule has 1 saturated carbocycles. The van der Waals surface area contributed by atoms with Crippen molar-refractivity contribution in [3.63, 3.8) is 0 Å². The molecule has 2 aromatic carbocycles. The van der Waals surface area contributed by atoms with Gasteiger partial charge in [-0.05, 0) is 67.6 Å². The topological polar surface area (TPSA) is 62.1 Å². The molecule has 2 aromatic rings. The summed E-state index contributed by atoms with van der Waals surface area (Å²) in [6.45, 7) is 1.72. The summed E-state index contributed by atoms with van der Waals surface area (Å²) in [6.07, 6.45) is 1.60. The molecule has 1 aliphatic rings. The first kappa shape index (κ1) is 17.3. The van der Waals surface area contributed by atoms with Crippen LogP contribution < -0.4 is 10.1 Å². The SMILES string of the molecule is C[C@@H](Oc1ccc(C#N)cc1)C(=O)N[C@@H](c1ccc(Cl)cc1)C1CC1. The molecule has 0 aromatic heterocycles. The molecule has 0 saturated heterocycles. The van der Waals surface area contributed by atoms with Crippen molar-refractivity contribution in [3.05, 3.63) is 64.7 Å². The summed E-state index contributed by atoms with van der Waals surface area (Å²) < 4.78 is 5.69. The minimum Gasteiger partial charge on any atom is -0.481 e. The number of ether oxygens (including phenoxy) is 1. The number of nitrogens with one attached hydrogen (secondary N) is 1. The van der Waals surface area contributed by atoms with E-state index in [1.54, 1.807) is 31.2 Å². The lowest BCUT2D eigenvalue weighted by atomic mass is 10.0. The van der Waals surface area contributed by atoms with Crippen molar-refractivity contribution < 1.29 is 9.53 Å². The fourth-order valence-corrected chi connectivity index (χ4v) is 2.84. The number of hydrogen-bond donors (Lipinski definition) is 1. The molecule has 0 unspecified atom stereocenters. The molecule has 4 nitrogen and oxygen atoms in total. The van der Waals surface area contributed by atoms with E-state index in [0.29, 0.717) is 22.3 Å². The van der Waals surface area contributed by atoms with Crippen LogP contribution in [0.3, 0.4) is 0 Å². The van der Waals surface area contributed by atoms with Crippen LogP contribution in [0, 0.1) is 17.2 Å². The average molecular weight is 355 g/mol. The van der Waals surface area contributed by atoms with E-state index in [4.69, 9.17) is 21.6 Å². The van der Waals surface area contributed by atoms with Crippen LogP contribution in [0.15, 0.2) is 48.5 Å². The second-order valence-corrected chi connectivity index (χ2v) is 6.71. The highest BCUT2D eigenvalue weighted by Crippen LogP contribution is 2.41. The maximum Gasteiger partial charge on any atom is 0.261 e. The molecule has 128 valence electrons. The summed E-state index contributed by atoms with van der Waals surface area (Å²) >= 11 is 5.95. The van der Waals surface area contributed by atoms with Crippen LogP contribution in [-0.2, 0) is 4.79 Å². The highest BCUT2D eigenvalue weighted by Gasteiger charge is 2.34. The lowest BCUT2D eigenvalue weighted by molar-refractivity contribution is -0.128. The third-order valence-electron chi connectivity index (χ3n) is 4.29. The van der Waals surface area contributed by atoms with Crippen molar-refractivity contribution in [2.45, 2.75) is 31.9 Å². The Morgan fingerprint density at radius 3 is 2.40 bits per heavy atom. The fourth-order valence-electron chi connectivity index (χ4n) is 2.71. The van der Waals surface area contributed by atoms with Gasteiger partial charge in [-0.15, -0.1) is 0 Å². The lowest BCUT2D eigenvalue weighted by Crippen LogP contribution is -2.39. The molecular formula is C20H19ClN2O2. The molecule has 5 heteroatoms. The van der Waals surface area contributed by atoms with Gasteiger partial charge in [0, 0.05) is 5.02 Å². The first-order valence-corrected chi connectivity index (χ1v) is 8.67. The molecule has 1 N–H and O–H groups in total. The zero-order valence-corrected chi connectivity index (χ0v) is 14.7. The first-order chi connectivity index (χ1) is 12.1. The Morgan fingerprint density at radius 1 is 1.20 bits per heavy atom. The number of halogens is 1. The molecule has 2 atom stereocenters. The van der Waals surface area contributed by atoms with Crippen LogP contribution >= 0.6 is 11.6 Å². The van der Waals surface area contributed by atoms with Gasteiger partial charge in [0.05, 0.1) is 17.7 Å². The van der Waals surface area contributed by atoms with Crippen molar-refractivity contribution >= 4 is 17.5 Å². The monoisotopic (exact) mass is 354 g/mol. The largest absolute Gasteiger partial charge is 0.481 e. The summed E-state index contributed by atoms with van der Waals surface area (Å²) in [5.41, 5.74) is 1.62. The van der Waals surface area contributed by atoms with E-state index >= 15 is 0 Å². The van der Waals surface area contributed by atoms with Crippen LogP contribution in [-0.4, -0.2) is 12.0 Å². The number of benzene rings is 2. The van der Waals surface area contributed by atoms with Crippen LogP contribution in [0.1, 0.15) is 36.9 Å². The highest BCUT2D eigenvalue weighted by atomic mass is 35.5. The van der Waals surface area contributed by atoms with Gasteiger partial charge in [0.25, 0.3) is 5.91 Å². The Morgan fingerprint density at radius 2 is 1.84 bits per heavy atom. The van der Waals surface area contributed by atoms with Crippen LogP contribution in [0.5, 0.6) is 5.75 Å². The predicted octanol–water partition coefficient (Wildman–Crippen LogP) is 4.25. The van der Waals surface area contributed by atoms with E-state index in [1.165, 1.54) is 0 Å². The number of nitrogens with zero attached hydrogens (tertiary/aromatic N) is 1. The molecule has 0 heterocycles. The Labute approximate surface area is 152 Å². The molecule has 0 aliphatic heterocycles. The third-order valence-corrected chi connectivity index (χ3v) is 4.54. The minimum absolute atomic E-state index is 0.0169. The fraction of sp³-hybridized carbons (Fsp3) is 0.300. The van der Waals surface area contributed by atoms with Crippen LogP contribution in [0.4, 0.5) is 0 Å². The molecule has 1 amide bonds. The summed E-state index contributed by atoms with van der Waals surface area (Å²) in [5.74, 6) is 0.875. The van der Waals surface area contributed by atoms with E-state index in [0.717, 1.165) is 18.4 Å². The van der Waals surface area contributed by atoms with E-state index in [2.05, 4.69) is 11.4 Å². The second-order valence-electron chi connectivity index (χ2n) is 6.27. The van der Waals surface area contributed by atoms with Crippen molar-refractivity contribution in [1.82, 2.24) is 5.32 Å². The standard InChI is InChI=1S/C20H19ClN2O2/c1-13(25-18-10-2-14(12-22)3-11-18)20(24)23-19(15-4-5-15)16-6-8-17(21)9-7-16/h2-3,6-11,13,15,19H,4-5H2,1H3,(H,23,24)/t13-,19-/m1/s1. The van der Waals surface area contributed by atoms with Gasteiger partial charge < -0.3 is 10.1 Å². The van der Waals surface area contributed by atoms with E-state index in [1.807, 2.05) is 24.3 Å². The summed E-state index contributed by atoms with van der Waals surface area (Å²) in [4.78, 5) is 12.5. The van der Waals surface area contributed by atoms with Crippen molar-refractivity contribution in [2.75, 3.05) is 0 Å². The van der Waals surface area contributed by atoms with Gasteiger partial charge in [-0.3, -0.25) is 4.79 Å². The van der Waals surface area contributed by atoms with Crippen molar-refractivity contribution in [2.24, 2.45) is 5.92 Å². The lowest BCUT2D eigenvalue weighted by Gasteiger charge is -2.22. The first-order valence-electron chi connectivity index (χ1n) is 8.29. The number of amides is 1. The molecule has 3 rings (SSSR count). The highest BCUT2D eigenvalue weighted by molar-refractivity contribution is 6.30. The van der Waals surface area contributed by atoms with E-state index in [9.17, 15) is 4.79 Å². The maximum absolute atomic E-state index is 12.5. The molecule has 0 radical (unpaired) electrons. The number of hydrogen-bond acceptors (Lipinski definition) is 3. The molecular weight excluding hydrogens is 336 g/mol. The third kappa shape index (κ3) is 4.52. The van der Waals surface area contributed by atoms with Gasteiger partial charge in [-0.1, -0.05) is 23.7 Å². The Hall–Kier alpha value is -2.51. The van der Waals surface area contributed by atoms with Gasteiger partial charge in [0.2, 0.25) is 0 Å². The Balaban J connectivity index is 1.64. The van der Waals surface area contributed by atoms with Gasteiger partial charge >= 0.3 is 0 Å². The predicted molar refractivity (Wildman–Crippen MR) is 96.3 cm³/mol. The van der Waals surface area contributed by atoms with Gasteiger partial charge in [0.15, 0.2) is 6.10 Å². The van der Waals surface area contributed by atoms with Crippen LogP contribution in [0.2, 0.25) is 5.02 Å². The number of nitriles is 1.